The van der Waals surface area contributed by atoms with Gasteiger partial charge in [-0.2, -0.15) is 9.78 Å². The average Bonchev–Trinajstić information content (AvgIpc) is 3.25. The molecule has 158 valence electrons. The van der Waals surface area contributed by atoms with Gasteiger partial charge in [0, 0.05) is 28.3 Å². The van der Waals surface area contributed by atoms with Crippen molar-refractivity contribution in [3.63, 3.8) is 0 Å². The molecule has 0 fully saturated rings. The molecule has 5 rings (SSSR count). The van der Waals surface area contributed by atoms with Crippen LogP contribution in [0.4, 0.5) is 11.6 Å². The minimum atomic E-state index is -1.30. The summed E-state index contributed by atoms with van der Waals surface area (Å²) in [5, 5.41) is 16.1. The summed E-state index contributed by atoms with van der Waals surface area (Å²) in [4.78, 5) is 14.5. The van der Waals surface area contributed by atoms with Gasteiger partial charge >= 0.3 is 0 Å². The van der Waals surface area contributed by atoms with E-state index in [9.17, 15) is 9.35 Å². The number of H-pyrrole nitrogens is 1. The number of benzene rings is 3. The summed E-state index contributed by atoms with van der Waals surface area (Å²) >= 11 is -1.30. The van der Waals surface area contributed by atoms with Gasteiger partial charge in [-0.25, -0.2) is 0 Å². The summed E-state index contributed by atoms with van der Waals surface area (Å²) in [7, 11) is 0. The van der Waals surface area contributed by atoms with Crippen molar-refractivity contribution < 1.29 is 4.55 Å². The number of fused-ring (bicyclic) bond motifs is 1. The second-order valence-electron chi connectivity index (χ2n) is 7.25. The zero-order valence-corrected chi connectivity index (χ0v) is 18.0. The van der Waals surface area contributed by atoms with Crippen molar-refractivity contribution in [2.24, 2.45) is 0 Å². The van der Waals surface area contributed by atoms with E-state index in [1.165, 1.54) is 4.68 Å². The fourth-order valence-electron chi connectivity index (χ4n) is 3.45. The third kappa shape index (κ3) is 3.77. The van der Waals surface area contributed by atoms with Gasteiger partial charge in [-0.1, -0.05) is 36.4 Å². The Morgan fingerprint density at radius 1 is 0.906 bits per heavy atom. The van der Waals surface area contributed by atoms with E-state index < -0.39 is 11.2 Å². The lowest BCUT2D eigenvalue weighted by molar-refractivity contribution is 0.595. The summed E-state index contributed by atoms with van der Waals surface area (Å²) in [6.45, 7) is 1.91. The molecule has 8 heteroatoms. The zero-order valence-electron chi connectivity index (χ0n) is 17.1. The van der Waals surface area contributed by atoms with Gasteiger partial charge in [0.25, 0.3) is 5.56 Å². The number of nitrogens with zero attached hydrogens (tertiary/aromatic N) is 3. The molecule has 0 aliphatic rings. The minimum absolute atomic E-state index is 0.235. The van der Waals surface area contributed by atoms with Crippen LogP contribution in [-0.2, 0) is 11.2 Å². The Bertz CT molecular complexity index is 1450. The summed E-state index contributed by atoms with van der Waals surface area (Å²) in [6.07, 6.45) is 0. The van der Waals surface area contributed by atoms with Gasteiger partial charge in [0.1, 0.15) is 0 Å². The van der Waals surface area contributed by atoms with Crippen molar-refractivity contribution in [2.75, 3.05) is 5.32 Å². The number of hydrogen-bond donors (Lipinski definition) is 2. The first kappa shape index (κ1) is 20.0. The Kier molecular flexibility index (Phi) is 5.22. The quantitative estimate of drug-likeness (QED) is 0.396. The third-order valence-corrected chi connectivity index (χ3v) is 6.41. The highest BCUT2D eigenvalue weighted by atomic mass is 32.2. The van der Waals surface area contributed by atoms with E-state index in [2.05, 4.69) is 20.6 Å². The summed E-state index contributed by atoms with van der Waals surface area (Å²) < 4.78 is 14.1. The molecule has 2 aromatic heterocycles. The zero-order chi connectivity index (χ0) is 22.1. The van der Waals surface area contributed by atoms with Gasteiger partial charge in [0.05, 0.1) is 11.1 Å². The molecule has 32 heavy (non-hydrogen) atoms. The molecule has 5 aromatic rings. The first-order valence-electron chi connectivity index (χ1n) is 9.98. The molecule has 0 aliphatic carbocycles. The second-order valence-corrected chi connectivity index (χ2v) is 8.73. The fourth-order valence-corrected chi connectivity index (χ4v) is 4.51. The Hall–Kier alpha value is -3.88. The topological polar surface area (TPSA) is 98.7 Å². The first-order chi connectivity index (χ1) is 15.6. The van der Waals surface area contributed by atoms with E-state index >= 15 is 0 Å². The Morgan fingerprint density at radius 3 is 2.25 bits per heavy atom. The molecule has 2 N–H and O–H groups in total. The second kappa shape index (κ2) is 8.33. The number of aromatic amines is 1. The summed E-state index contributed by atoms with van der Waals surface area (Å²) in [6, 6.07) is 25.4. The van der Waals surface area contributed by atoms with Crippen LogP contribution in [0.3, 0.4) is 0 Å². The maximum atomic E-state index is 13.2. The van der Waals surface area contributed by atoms with Crippen molar-refractivity contribution in [3.05, 3.63) is 101 Å². The van der Waals surface area contributed by atoms with Crippen LogP contribution in [0.2, 0.25) is 0 Å². The molecule has 2 heterocycles. The lowest BCUT2D eigenvalue weighted by Crippen LogP contribution is -2.22. The molecular weight excluding hydrogens is 422 g/mol. The molecule has 0 radical (unpaired) electrons. The van der Waals surface area contributed by atoms with Crippen LogP contribution < -0.4 is 10.9 Å². The Morgan fingerprint density at radius 2 is 1.56 bits per heavy atom. The number of nitrogens with one attached hydrogen (secondary N) is 2. The Balaban J connectivity index is 1.56. The highest BCUT2D eigenvalue weighted by molar-refractivity contribution is 7.91. The smallest absolute Gasteiger partial charge is 0.279 e. The predicted octanol–water partition coefficient (Wildman–Crippen LogP) is 4.33. The van der Waals surface area contributed by atoms with Gasteiger partial charge in [0.15, 0.2) is 21.4 Å². The van der Waals surface area contributed by atoms with E-state index in [1.807, 2.05) is 61.5 Å². The van der Waals surface area contributed by atoms with Crippen molar-refractivity contribution in [2.45, 2.75) is 16.7 Å². The average molecular weight is 442 g/mol. The molecule has 1 unspecified atom stereocenters. The van der Waals surface area contributed by atoms with Gasteiger partial charge in [-0.15, -0.1) is 5.10 Å². The maximum Gasteiger partial charge on any atom is 0.279 e. The highest BCUT2D eigenvalue weighted by Gasteiger charge is 2.16. The molecule has 0 bridgehead atoms. The molecule has 0 aliphatic heterocycles. The maximum absolute atomic E-state index is 13.2. The standard InChI is InChI=1S/C24H19N5O2S/c1-16-15-22(27-26-16)25-23-20-9-5-6-10-21(20)24(30)29(28-23)17-11-13-19(14-12-17)32(31)18-7-3-2-4-8-18/h2-15H,1H3,(H2,25,26,27,28). The number of rotatable bonds is 5. The van der Waals surface area contributed by atoms with Crippen LogP contribution in [-0.4, -0.2) is 24.5 Å². The summed E-state index contributed by atoms with van der Waals surface area (Å²) in [5.74, 6) is 1.13. The molecular formula is C24H19N5O2S. The molecule has 0 saturated carbocycles. The van der Waals surface area contributed by atoms with E-state index in [0.29, 0.717) is 33.0 Å². The molecule has 1 atom stereocenters. The van der Waals surface area contributed by atoms with Crippen LogP contribution in [0, 0.1) is 6.92 Å². The third-order valence-electron chi connectivity index (χ3n) is 5.01. The SMILES string of the molecule is Cc1cc(Nc2nn(-c3ccc([S+]([O-])c4ccccc4)cc3)c(=O)c3ccccc23)n[nH]1. The van der Waals surface area contributed by atoms with E-state index in [1.54, 1.807) is 30.3 Å². The normalized spacial score (nSPS) is 12.1. The van der Waals surface area contributed by atoms with Crippen molar-refractivity contribution in [1.29, 1.82) is 0 Å². The minimum Gasteiger partial charge on any atom is -0.606 e. The van der Waals surface area contributed by atoms with Crippen LogP contribution in [0.1, 0.15) is 5.69 Å². The first-order valence-corrected chi connectivity index (χ1v) is 11.1. The molecule has 3 aromatic carbocycles. The molecule has 0 saturated heterocycles. The van der Waals surface area contributed by atoms with Gasteiger partial charge < -0.3 is 9.87 Å². The number of anilines is 2. The Labute approximate surface area is 186 Å². The number of aryl methyl sites for hydroxylation is 1. The van der Waals surface area contributed by atoms with Gasteiger partial charge in [-0.05, 0) is 49.4 Å². The van der Waals surface area contributed by atoms with Gasteiger partial charge in [-0.3, -0.25) is 9.89 Å². The fraction of sp³-hybridized carbons (Fsp3) is 0.0417. The molecule has 0 spiro atoms. The summed E-state index contributed by atoms with van der Waals surface area (Å²) in [5.41, 5.74) is 1.25. The van der Waals surface area contributed by atoms with Crippen LogP contribution in [0.15, 0.2) is 99.5 Å². The predicted molar refractivity (Wildman–Crippen MR) is 125 cm³/mol. The number of aromatic nitrogens is 4. The molecule has 0 amide bonds. The van der Waals surface area contributed by atoms with E-state index in [0.717, 1.165) is 10.6 Å². The van der Waals surface area contributed by atoms with Crippen LogP contribution in [0.25, 0.3) is 16.5 Å². The monoisotopic (exact) mass is 441 g/mol. The van der Waals surface area contributed by atoms with Crippen LogP contribution in [0.5, 0.6) is 0 Å². The largest absolute Gasteiger partial charge is 0.606 e. The lowest BCUT2D eigenvalue weighted by atomic mass is 10.2. The van der Waals surface area contributed by atoms with Crippen molar-refractivity contribution in [1.82, 2.24) is 20.0 Å². The molecule has 7 nitrogen and oxygen atoms in total. The van der Waals surface area contributed by atoms with E-state index in [4.69, 9.17) is 0 Å². The van der Waals surface area contributed by atoms with Crippen molar-refractivity contribution >= 4 is 33.6 Å². The van der Waals surface area contributed by atoms with Crippen molar-refractivity contribution in [3.8, 4) is 5.69 Å². The van der Waals surface area contributed by atoms with Gasteiger partial charge in [0.2, 0.25) is 0 Å². The van der Waals surface area contributed by atoms with E-state index in [-0.39, 0.29) is 5.56 Å². The highest BCUT2D eigenvalue weighted by Crippen LogP contribution is 2.24. The number of hydrogen-bond acceptors (Lipinski definition) is 5. The lowest BCUT2D eigenvalue weighted by Gasteiger charge is -2.13. The van der Waals surface area contributed by atoms with Crippen LogP contribution >= 0.6 is 0 Å².